The van der Waals surface area contributed by atoms with Crippen LogP contribution in [0.2, 0.25) is 0 Å². The molecule has 1 aromatic carbocycles. The van der Waals surface area contributed by atoms with Crippen molar-refractivity contribution in [3.05, 3.63) is 54.0 Å². The van der Waals surface area contributed by atoms with Crippen molar-refractivity contribution in [2.24, 2.45) is 0 Å². The van der Waals surface area contributed by atoms with Gasteiger partial charge in [0.05, 0.1) is 11.9 Å². The van der Waals surface area contributed by atoms with E-state index in [0.717, 1.165) is 12.1 Å². The van der Waals surface area contributed by atoms with Crippen molar-refractivity contribution in [3.63, 3.8) is 0 Å². The Bertz CT molecular complexity index is 661. The van der Waals surface area contributed by atoms with E-state index in [4.69, 9.17) is 0 Å². The third-order valence-electron chi connectivity index (χ3n) is 3.19. The van der Waals surface area contributed by atoms with Crippen LogP contribution in [0.3, 0.4) is 0 Å². The van der Waals surface area contributed by atoms with Gasteiger partial charge >= 0.3 is 0 Å². The molecule has 0 unspecified atom stereocenters. The molecule has 2 aliphatic heterocycles. The Kier molecular flexibility index (Phi) is 2.91. The summed E-state index contributed by atoms with van der Waals surface area (Å²) in [5, 5.41) is 10.2. The maximum Gasteiger partial charge on any atom is 0.203 e. The van der Waals surface area contributed by atoms with E-state index in [0.29, 0.717) is 17.9 Å². The second-order valence-electron chi connectivity index (χ2n) is 4.63. The van der Waals surface area contributed by atoms with E-state index in [1.54, 1.807) is 10.9 Å². The average molecular weight is 253 g/mol. The van der Waals surface area contributed by atoms with E-state index in [2.05, 4.69) is 22.1 Å². The predicted molar refractivity (Wildman–Crippen MR) is 73.2 cm³/mol. The standard InChI is InChI=1S/C15H15N3O/c1-11-9-13-14(17-11)16-10-18(15(13)19)8-7-12-5-3-2-4-6-12/h2-6,9-10,19H,7-8H2,1H3. The van der Waals surface area contributed by atoms with Gasteiger partial charge in [0.15, 0.2) is 5.82 Å². The Balaban J connectivity index is 1.86. The smallest absolute Gasteiger partial charge is 0.203 e. The molecule has 0 amide bonds. The fraction of sp³-hybridized carbons (Fsp3) is 0.200. The molecule has 0 aromatic heterocycles. The minimum Gasteiger partial charge on any atom is -0.494 e. The van der Waals surface area contributed by atoms with Crippen LogP contribution < -0.4 is 0 Å². The van der Waals surface area contributed by atoms with Gasteiger partial charge in [-0.3, -0.25) is 0 Å². The molecule has 1 N–H and O–H groups in total. The Morgan fingerprint density at radius 3 is 2.79 bits per heavy atom. The lowest BCUT2D eigenvalue weighted by molar-refractivity contribution is 0.410. The van der Waals surface area contributed by atoms with Crippen molar-refractivity contribution in [1.29, 1.82) is 0 Å². The molecular formula is C15H15N3O. The first kappa shape index (κ1) is 11.7. The molecule has 0 fully saturated rings. The van der Waals surface area contributed by atoms with E-state index in [1.807, 2.05) is 31.2 Å². The number of benzene rings is 1. The molecule has 1 aromatic rings. The zero-order valence-corrected chi connectivity index (χ0v) is 10.7. The lowest BCUT2D eigenvalue weighted by Gasteiger charge is -2.11. The highest BCUT2D eigenvalue weighted by Gasteiger charge is 2.15. The van der Waals surface area contributed by atoms with Crippen molar-refractivity contribution in [2.45, 2.75) is 19.9 Å². The molecule has 2 heterocycles. The molecule has 0 bridgehead atoms. The fourth-order valence-electron chi connectivity index (χ4n) is 2.19. The SMILES string of the molecule is Cc1cc2c(O)n(CCc3ccccc3)cnc-2n1. The molecule has 0 aliphatic carbocycles. The molecule has 96 valence electrons. The van der Waals surface area contributed by atoms with Crippen LogP contribution in [-0.4, -0.2) is 19.6 Å². The van der Waals surface area contributed by atoms with E-state index >= 15 is 0 Å². The van der Waals surface area contributed by atoms with Crippen LogP contribution in [0.25, 0.3) is 11.4 Å². The van der Waals surface area contributed by atoms with Gasteiger partial charge in [-0.15, -0.1) is 0 Å². The molecule has 4 heteroatoms. The van der Waals surface area contributed by atoms with Gasteiger partial charge in [0.2, 0.25) is 5.88 Å². The summed E-state index contributed by atoms with van der Waals surface area (Å²) in [6, 6.07) is 12.1. The van der Waals surface area contributed by atoms with E-state index in [-0.39, 0.29) is 5.88 Å². The van der Waals surface area contributed by atoms with Crippen molar-refractivity contribution in [3.8, 4) is 17.3 Å². The van der Waals surface area contributed by atoms with Crippen molar-refractivity contribution in [2.75, 3.05) is 0 Å². The molecule has 3 rings (SSSR count). The molecule has 2 aliphatic rings. The molecular weight excluding hydrogens is 238 g/mol. The molecule has 19 heavy (non-hydrogen) atoms. The monoisotopic (exact) mass is 253 g/mol. The average Bonchev–Trinajstić information content (AvgIpc) is 2.81. The molecule has 0 radical (unpaired) electrons. The minimum absolute atomic E-state index is 0.238. The Labute approximate surface area is 111 Å². The highest BCUT2D eigenvalue weighted by atomic mass is 16.3. The summed E-state index contributed by atoms with van der Waals surface area (Å²) < 4.78 is 1.76. The summed E-state index contributed by atoms with van der Waals surface area (Å²) >= 11 is 0. The number of aryl methyl sites for hydroxylation is 3. The summed E-state index contributed by atoms with van der Waals surface area (Å²) in [5.41, 5.74) is 2.83. The van der Waals surface area contributed by atoms with Crippen LogP contribution in [0, 0.1) is 6.92 Å². The van der Waals surface area contributed by atoms with Crippen molar-refractivity contribution < 1.29 is 5.11 Å². The first-order valence-electron chi connectivity index (χ1n) is 6.29. The van der Waals surface area contributed by atoms with Crippen molar-refractivity contribution >= 4 is 0 Å². The summed E-state index contributed by atoms with van der Waals surface area (Å²) in [6.45, 7) is 2.60. The van der Waals surface area contributed by atoms with Gasteiger partial charge in [0.1, 0.15) is 0 Å². The number of hydrogen-bond donors (Lipinski definition) is 1. The minimum atomic E-state index is 0.238. The zero-order chi connectivity index (χ0) is 13.2. The number of aromatic nitrogens is 3. The van der Waals surface area contributed by atoms with Gasteiger partial charge in [-0.25, -0.2) is 9.97 Å². The first-order valence-corrected chi connectivity index (χ1v) is 6.29. The van der Waals surface area contributed by atoms with E-state index in [1.165, 1.54) is 5.56 Å². The third-order valence-corrected chi connectivity index (χ3v) is 3.19. The van der Waals surface area contributed by atoms with Gasteiger partial charge in [-0.05, 0) is 25.0 Å². The van der Waals surface area contributed by atoms with Gasteiger partial charge < -0.3 is 9.67 Å². The molecule has 0 atom stereocenters. The normalized spacial score (nSPS) is 11.0. The van der Waals surface area contributed by atoms with Crippen molar-refractivity contribution in [1.82, 2.24) is 14.5 Å². The second-order valence-corrected chi connectivity index (χ2v) is 4.63. The number of nitrogens with zero attached hydrogens (tertiary/aromatic N) is 3. The maximum absolute atomic E-state index is 10.2. The zero-order valence-electron chi connectivity index (χ0n) is 10.7. The topological polar surface area (TPSA) is 50.9 Å². The van der Waals surface area contributed by atoms with Gasteiger partial charge in [-0.1, -0.05) is 30.3 Å². The lowest BCUT2D eigenvalue weighted by atomic mass is 10.1. The molecule has 0 saturated carbocycles. The highest BCUT2D eigenvalue weighted by Crippen LogP contribution is 2.29. The summed E-state index contributed by atoms with van der Waals surface area (Å²) in [7, 11) is 0. The Morgan fingerprint density at radius 2 is 2.00 bits per heavy atom. The molecule has 0 saturated heterocycles. The van der Waals surface area contributed by atoms with Crippen LogP contribution in [0.4, 0.5) is 0 Å². The first-order chi connectivity index (χ1) is 9.24. The van der Waals surface area contributed by atoms with E-state index in [9.17, 15) is 5.11 Å². The summed E-state index contributed by atoms with van der Waals surface area (Å²) in [5.74, 6) is 0.840. The largest absolute Gasteiger partial charge is 0.494 e. The van der Waals surface area contributed by atoms with Crippen LogP contribution in [0.15, 0.2) is 42.7 Å². The molecule has 0 spiro atoms. The fourth-order valence-corrected chi connectivity index (χ4v) is 2.19. The summed E-state index contributed by atoms with van der Waals surface area (Å²) in [6.07, 6.45) is 2.51. The summed E-state index contributed by atoms with van der Waals surface area (Å²) in [4.78, 5) is 8.52. The van der Waals surface area contributed by atoms with Crippen LogP contribution >= 0.6 is 0 Å². The third kappa shape index (κ3) is 2.29. The van der Waals surface area contributed by atoms with Crippen LogP contribution in [0.1, 0.15) is 11.3 Å². The van der Waals surface area contributed by atoms with Gasteiger partial charge in [0, 0.05) is 12.2 Å². The highest BCUT2D eigenvalue weighted by molar-refractivity contribution is 5.64. The van der Waals surface area contributed by atoms with Gasteiger partial charge in [-0.2, -0.15) is 0 Å². The predicted octanol–water partition coefficient (Wildman–Crippen LogP) is 2.64. The maximum atomic E-state index is 10.2. The Hall–Kier alpha value is -2.36. The molecule has 4 nitrogen and oxygen atoms in total. The Morgan fingerprint density at radius 1 is 1.21 bits per heavy atom. The number of aromatic hydroxyl groups is 1. The number of rotatable bonds is 3. The van der Waals surface area contributed by atoms with Crippen LogP contribution in [0.5, 0.6) is 5.88 Å². The number of fused-ring (bicyclic) bond motifs is 1. The number of hydrogen-bond acceptors (Lipinski definition) is 3. The lowest BCUT2D eigenvalue weighted by Crippen LogP contribution is -2.05. The second kappa shape index (κ2) is 4.72. The van der Waals surface area contributed by atoms with Gasteiger partial charge in [0.25, 0.3) is 0 Å². The quantitative estimate of drug-likeness (QED) is 0.780. The van der Waals surface area contributed by atoms with E-state index < -0.39 is 0 Å². The van der Waals surface area contributed by atoms with Crippen LogP contribution in [-0.2, 0) is 13.0 Å².